The molecule has 5 heteroatoms. The minimum Gasteiger partial charge on any atom is -0.494 e. The summed E-state index contributed by atoms with van der Waals surface area (Å²) in [7, 11) is 3.73. The molecular formula is C10H17N3O2. The van der Waals surface area contributed by atoms with Crippen LogP contribution in [0.15, 0.2) is 6.07 Å². The van der Waals surface area contributed by atoms with Crippen LogP contribution >= 0.6 is 0 Å². The van der Waals surface area contributed by atoms with Crippen LogP contribution in [0.1, 0.15) is 0 Å². The maximum atomic E-state index is 9.78. The molecule has 15 heavy (non-hydrogen) atoms. The summed E-state index contributed by atoms with van der Waals surface area (Å²) in [5, 5.41) is 19.3. The first-order valence-corrected chi connectivity index (χ1v) is 5.10. The summed E-state index contributed by atoms with van der Waals surface area (Å²) in [6, 6.07) is 1.61. The van der Waals surface area contributed by atoms with Crippen molar-refractivity contribution in [3.63, 3.8) is 0 Å². The van der Waals surface area contributed by atoms with E-state index in [1.165, 1.54) is 4.57 Å². The maximum absolute atomic E-state index is 9.78. The van der Waals surface area contributed by atoms with E-state index in [1.807, 2.05) is 0 Å². The predicted octanol–water partition coefficient (Wildman–Crippen LogP) is 0.188. The Morgan fingerprint density at radius 1 is 1.07 bits per heavy atom. The topological polar surface area (TPSA) is 51.9 Å². The molecule has 0 aliphatic carbocycles. The lowest BCUT2D eigenvalue weighted by Crippen LogP contribution is -2.44. The third-order valence-corrected chi connectivity index (χ3v) is 3.00. The molecule has 0 bridgehead atoms. The molecule has 0 amide bonds. The second-order valence-corrected chi connectivity index (χ2v) is 4.06. The average molecular weight is 211 g/mol. The maximum Gasteiger partial charge on any atom is 0.218 e. The first-order chi connectivity index (χ1) is 7.09. The van der Waals surface area contributed by atoms with E-state index >= 15 is 0 Å². The van der Waals surface area contributed by atoms with E-state index in [0.717, 1.165) is 31.9 Å². The Morgan fingerprint density at radius 3 is 2.13 bits per heavy atom. The third-order valence-electron chi connectivity index (χ3n) is 3.00. The van der Waals surface area contributed by atoms with Crippen LogP contribution in [-0.2, 0) is 7.05 Å². The van der Waals surface area contributed by atoms with Crippen molar-refractivity contribution >= 4 is 5.69 Å². The van der Waals surface area contributed by atoms with Gasteiger partial charge in [-0.25, -0.2) is 0 Å². The fraction of sp³-hybridized carbons (Fsp3) is 0.600. The van der Waals surface area contributed by atoms with E-state index in [-0.39, 0.29) is 11.8 Å². The highest BCUT2D eigenvalue weighted by atomic mass is 16.3. The van der Waals surface area contributed by atoms with Gasteiger partial charge in [-0.2, -0.15) is 0 Å². The number of hydrogen-bond donors (Lipinski definition) is 2. The van der Waals surface area contributed by atoms with Gasteiger partial charge in [0.25, 0.3) is 0 Å². The van der Waals surface area contributed by atoms with Crippen molar-refractivity contribution in [3.05, 3.63) is 6.07 Å². The predicted molar refractivity (Wildman–Crippen MR) is 58.5 cm³/mol. The number of aromatic nitrogens is 1. The lowest BCUT2D eigenvalue weighted by Gasteiger charge is -2.33. The molecule has 2 N–H and O–H groups in total. The van der Waals surface area contributed by atoms with E-state index in [9.17, 15) is 10.2 Å². The van der Waals surface area contributed by atoms with Gasteiger partial charge in [-0.1, -0.05) is 0 Å². The molecule has 84 valence electrons. The van der Waals surface area contributed by atoms with E-state index in [0.29, 0.717) is 0 Å². The van der Waals surface area contributed by atoms with Crippen molar-refractivity contribution in [2.45, 2.75) is 0 Å². The number of aromatic hydroxyl groups is 2. The highest BCUT2D eigenvalue weighted by Crippen LogP contribution is 2.34. The second kappa shape index (κ2) is 3.66. The van der Waals surface area contributed by atoms with Crippen LogP contribution < -0.4 is 4.90 Å². The van der Waals surface area contributed by atoms with Gasteiger partial charge in [-0.05, 0) is 7.05 Å². The zero-order valence-corrected chi connectivity index (χ0v) is 9.14. The van der Waals surface area contributed by atoms with Crippen LogP contribution in [0.4, 0.5) is 5.69 Å². The Balaban J connectivity index is 2.19. The standard InChI is InChI=1S/C10H17N3O2/c1-11-3-5-13(6-4-11)8-7-9(14)12(2)10(8)15/h7,14-15H,3-6H2,1-2H3. The van der Waals surface area contributed by atoms with Gasteiger partial charge in [0, 0.05) is 39.3 Å². The Labute approximate surface area is 89.1 Å². The Hall–Kier alpha value is -1.36. The van der Waals surface area contributed by atoms with Gasteiger partial charge in [0.15, 0.2) is 5.88 Å². The monoisotopic (exact) mass is 211 g/mol. The fourth-order valence-corrected chi connectivity index (χ4v) is 1.84. The lowest BCUT2D eigenvalue weighted by atomic mass is 10.3. The molecule has 1 saturated heterocycles. The average Bonchev–Trinajstić information content (AvgIpc) is 2.47. The van der Waals surface area contributed by atoms with Crippen LogP contribution in [0.25, 0.3) is 0 Å². The highest BCUT2D eigenvalue weighted by molar-refractivity contribution is 5.59. The summed E-state index contributed by atoms with van der Waals surface area (Å²) in [6.07, 6.45) is 0. The van der Waals surface area contributed by atoms with Crippen molar-refractivity contribution in [1.82, 2.24) is 9.47 Å². The first kappa shape index (κ1) is 10.2. The molecule has 1 fully saturated rings. The van der Waals surface area contributed by atoms with Gasteiger partial charge in [0.1, 0.15) is 5.69 Å². The minimum absolute atomic E-state index is 0.0985. The molecule has 5 nitrogen and oxygen atoms in total. The van der Waals surface area contributed by atoms with E-state index in [4.69, 9.17) is 0 Å². The number of rotatable bonds is 1. The van der Waals surface area contributed by atoms with E-state index in [1.54, 1.807) is 13.1 Å². The number of likely N-dealkylation sites (N-methyl/N-ethyl adjacent to an activating group) is 1. The van der Waals surface area contributed by atoms with Gasteiger partial charge < -0.3 is 20.0 Å². The number of hydrogen-bond acceptors (Lipinski definition) is 4. The van der Waals surface area contributed by atoms with Crippen LogP contribution in [0.3, 0.4) is 0 Å². The van der Waals surface area contributed by atoms with Crippen LogP contribution in [0, 0.1) is 0 Å². The largest absolute Gasteiger partial charge is 0.494 e. The van der Waals surface area contributed by atoms with Gasteiger partial charge in [-0.3, -0.25) is 4.57 Å². The molecule has 2 rings (SSSR count). The Bertz CT molecular complexity index is 354. The molecular weight excluding hydrogens is 194 g/mol. The van der Waals surface area contributed by atoms with Crippen molar-refractivity contribution in [2.24, 2.45) is 7.05 Å². The lowest BCUT2D eigenvalue weighted by molar-refractivity contribution is 0.311. The smallest absolute Gasteiger partial charge is 0.218 e. The van der Waals surface area contributed by atoms with Crippen molar-refractivity contribution < 1.29 is 10.2 Å². The van der Waals surface area contributed by atoms with Crippen LogP contribution in [0.5, 0.6) is 11.8 Å². The van der Waals surface area contributed by atoms with Crippen molar-refractivity contribution in [3.8, 4) is 11.8 Å². The highest BCUT2D eigenvalue weighted by Gasteiger charge is 2.20. The molecule has 2 heterocycles. The summed E-state index contributed by atoms with van der Waals surface area (Å²) >= 11 is 0. The van der Waals surface area contributed by atoms with Gasteiger partial charge in [0.05, 0.1) is 0 Å². The first-order valence-electron chi connectivity index (χ1n) is 5.10. The molecule has 1 aliphatic rings. The van der Waals surface area contributed by atoms with E-state index in [2.05, 4.69) is 16.8 Å². The SMILES string of the molecule is CN1CCN(c2cc(O)n(C)c2O)CC1. The molecule has 0 aromatic carbocycles. The molecule has 1 aromatic heterocycles. The molecule has 0 spiro atoms. The number of anilines is 1. The van der Waals surface area contributed by atoms with Gasteiger partial charge >= 0.3 is 0 Å². The fourth-order valence-electron chi connectivity index (χ4n) is 1.84. The Morgan fingerprint density at radius 2 is 1.67 bits per heavy atom. The normalized spacial score (nSPS) is 18.4. The number of nitrogens with zero attached hydrogens (tertiary/aromatic N) is 3. The quantitative estimate of drug-likeness (QED) is 0.696. The zero-order chi connectivity index (χ0) is 11.0. The second-order valence-electron chi connectivity index (χ2n) is 4.06. The van der Waals surface area contributed by atoms with E-state index < -0.39 is 0 Å². The third kappa shape index (κ3) is 1.74. The molecule has 0 radical (unpaired) electrons. The molecule has 1 aromatic rings. The zero-order valence-electron chi connectivity index (χ0n) is 9.14. The molecule has 0 unspecified atom stereocenters. The van der Waals surface area contributed by atoms with Gasteiger partial charge in [-0.15, -0.1) is 0 Å². The molecule has 0 atom stereocenters. The summed E-state index contributed by atoms with van der Waals surface area (Å²) in [5.74, 6) is 0.235. The Kier molecular flexibility index (Phi) is 2.48. The number of piperazine rings is 1. The molecule has 0 saturated carbocycles. The summed E-state index contributed by atoms with van der Waals surface area (Å²) in [6.45, 7) is 3.73. The van der Waals surface area contributed by atoms with Crippen LogP contribution in [-0.4, -0.2) is 52.9 Å². The van der Waals surface area contributed by atoms with Gasteiger partial charge in [0.2, 0.25) is 5.88 Å². The van der Waals surface area contributed by atoms with Crippen molar-refractivity contribution in [1.29, 1.82) is 0 Å². The summed E-state index contributed by atoms with van der Waals surface area (Å²) < 4.78 is 1.38. The minimum atomic E-state index is 0.0985. The van der Waals surface area contributed by atoms with Crippen molar-refractivity contribution in [2.75, 3.05) is 38.1 Å². The summed E-state index contributed by atoms with van der Waals surface area (Å²) in [4.78, 5) is 4.34. The summed E-state index contributed by atoms with van der Waals surface area (Å²) in [5.41, 5.74) is 0.725. The van der Waals surface area contributed by atoms with Crippen LogP contribution in [0.2, 0.25) is 0 Å². The molecule has 1 aliphatic heterocycles.